The van der Waals surface area contributed by atoms with Gasteiger partial charge in [0.1, 0.15) is 5.54 Å². The molecule has 4 heteroatoms. The molecule has 1 N–H and O–H groups in total. The number of anilines is 2. The molecule has 1 aromatic carbocycles. The van der Waals surface area contributed by atoms with Crippen LogP contribution in [0.5, 0.6) is 0 Å². The first-order valence-electron chi connectivity index (χ1n) is 5.55. The van der Waals surface area contributed by atoms with E-state index < -0.39 is 5.54 Å². The van der Waals surface area contributed by atoms with Crippen LogP contribution >= 0.6 is 0 Å². The standard InChI is InChI=1S/C13H14N4/c1-13(2,9-15)17-6-5-16-11-4-3-10(8-14)7-12(11)17/h3-4,7,16H,5-6H2,1-2H3. The first kappa shape index (κ1) is 11.3. The Morgan fingerprint density at radius 3 is 2.76 bits per heavy atom. The minimum Gasteiger partial charge on any atom is -0.382 e. The summed E-state index contributed by atoms with van der Waals surface area (Å²) in [6.07, 6.45) is 0. The number of benzene rings is 1. The predicted octanol–water partition coefficient (Wildman–Crippen LogP) is 2.09. The van der Waals surface area contributed by atoms with Gasteiger partial charge in [0.25, 0.3) is 0 Å². The highest BCUT2D eigenvalue weighted by Crippen LogP contribution is 2.34. The summed E-state index contributed by atoms with van der Waals surface area (Å²) >= 11 is 0. The van der Waals surface area contributed by atoms with E-state index in [9.17, 15) is 5.26 Å². The third-order valence-corrected chi connectivity index (χ3v) is 3.02. The molecule has 0 spiro atoms. The average molecular weight is 226 g/mol. The second-order valence-corrected chi connectivity index (χ2v) is 4.59. The molecule has 0 bridgehead atoms. The van der Waals surface area contributed by atoms with E-state index >= 15 is 0 Å². The van der Waals surface area contributed by atoms with Gasteiger partial charge < -0.3 is 10.2 Å². The lowest BCUT2D eigenvalue weighted by molar-refractivity contribution is 0.572. The molecule has 0 saturated heterocycles. The summed E-state index contributed by atoms with van der Waals surface area (Å²) in [5.74, 6) is 0. The molecule has 0 aliphatic carbocycles. The molecule has 1 heterocycles. The second-order valence-electron chi connectivity index (χ2n) is 4.59. The van der Waals surface area contributed by atoms with Crippen molar-refractivity contribution in [1.82, 2.24) is 0 Å². The van der Waals surface area contributed by atoms with Crippen LogP contribution in [0.1, 0.15) is 19.4 Å². The molecule has 1 aliphatic heterocycles. The van der Waals surface area contributed by atoms with Crippen molar-refractivity contribution < 1.29 is 0 Å². The molecule has 0 unspecified atom stereocenters. The summed E-state index contributed by atoms with van der Waals surface area (Å²) in [5, 5.41) is 21.4. The first-order chi connectivity index (χ1) is 8.08. The molecule has 0 saturated carbocycles. The van der Waals surface area contributed by atoms with Crippen LogP contribution in [0.25, 0.3) is 0 Å². The molecular weight excluding hydrogens is 212 g/mol. The largest absolute Gasteiger partial charge is 0.382 e. The Hall–Kier alpha value is -2.20. The van der Waals surface area contributed by atoms with Gasteiger partial charge in [-0.15, -0.1) is 0 Å². The maximum absolute atomic E-state index is 9.22. The first-order valence-corrected chi connectivity index (χ1v) is 5.55. The molecule has 17 heavy (non-hydrogen) atoms. The summed E-state index contributed by atoms with van der Waals surface area (Å²) in [6.45, 7) is 5.36. The zero-order chi connectivity index (χ0) is 12.5. The van der Waals surface area contributed by atoms with E-state index in [2.05, 4.69) is 17.5 Å². The van der Waals surface area contributed by atoms with Gasteiger partial charge in [-0.1, -0.05) is 0 Å². The van der Waals surface area contributed by atoms with E-state index in [1.165, 1.54) is 0 Å². The quantitative estimate of drug-likeness (QED) is 0.796. The van der Waals surface area contributed by atoms with Gasteiger partial charge in [-0.05, 0) is 32.0 Å². The average Bonchev–Trinajstić information content (AvgIpc) is 2.37. The summed E-state index contributed by atoms with van der Waals surface area (Å²) < 4.78 is 0. The number of nitrogens with zero attached hydrogens (tertiary/aromatic N) is 3. The summed E-state index contributed by atoms with van der Waals surface area (Å²) in [7, 11) is 0. The lowest BCUT2D eigenvalue weighted by Gasteiger charge is -2.39. The van der Waals surface area contributed by atoms with E-state index in [0.717, 1.165) is 24.5 Å². The van der Waals surface area contributed by atoms with Crippen LogP contribution in [-0.2, 0) is 0 Å². The third-order valence-electron chi connectivity index (χ3n) is 3.02. The lowest BCUT2D eigenvalue weighted by Crippen LogP contribution is -2.47. The van der Waals surface area contributed by atoms with Crippen molar-refractivity contribution in [3.05, 3.63) is 23.8 Å². The molecule has 1 aromatic rings. The van der Waals surface area contributed by atoms with E-state index in [0.29, 0.717) is 5.56 Å². The van der Waals surface area contributed by atoms with E-state index in [-0.39, 0.29) is 0 Å². The Morgan fingerprint density at radius 2 is 2.12 bits per heavy atom. The summed E-state index contributed by atoms with van der Waals surface area (Å²) in [4.78, 5) is 2.04. The molecule has 2 rings (SSSR count). The Kier molecular flexibility index (Phi) is 2.65. The fourth-order valence-electron chi connectivity index (χ4n) is 2.04. The van der Waals surface area contributed by atoms with Gasteiger partial charge >= 0.3 is 0 Å². The van der Waals surface area contributed by atoms with Crippen LogP contribution in [0.3, 0.4) is 0 Å². The molecule has 86 valence electrons. The van der Waals surface area contributed by atoms with Gasteiger partial charge in [-0.2, -0.15) is 10.5 Å². The topological polar surface area (TPSA) is 62.9 Å². The predicted molar refractivity (Wildman–Crippen MR) is 66.7 cm³/mol. The number of nitrogens with one attached hydrogen (secondary N) is 1. The van der Waals surface area contributed by atoms with Crippen molar-refractivity contribution in [2.24, 2.45) is 0 Å². The maximum Gasteiger partial charge on any atom is 0.122 e. The molecular formula is C13H14N4. The van der Waals surface area contributed by atoms with Crippen molar-refractivity contribution in [2.45, 2.75) is 19.4 Å². The second kappa shape index (κ2) is 3.99. The van der Waals surface area contributed by atoms with Crippen LogP contribution in [0.4, 0.5) is 11.4 Å². The number of hydrogen-bond acceptors (Lipinski definition) is 4. The highest BCUT2D eigenvalue weighted by atomic mass is 15.2. The normalized spacial score (nSPS) is 14.2. The van der Waals surface area contributed by atoms with Crippen LogP contribution in [0.2, 0.25) is 0 Å². The van der Waals surface area contributed by atoms with Crippen molar-refractivity contribution in [1.29, 1.82) is 10.5 Å². The number of fused-ring (bicyclic) bond motifs is 1. The Balaban J connectivity index is 2.51. The monoisotopic (exact) mass is 226 g/mol. The number of rotatable bonds is 1. The minimum absolute atomic E-state index is 0.565. The fraction of sp³-hybridized carbons (Fsp3) is 0.385. The Morgan fingerprint density at radius 1 is 1.35 bits per heavy atom. The van der Waals surface area contributed by atoms with Crippen molar-refractivity contribution in [3.8, 4) is 12.1 Å². The SMILES string of the molecule is CC(C)(C#N)N1CCNc2ccc(C#N)cc21. The van der Waals surface area contributed by atoms with Crippen molar-refractivity contribution in [2.75, 3.05) is 23.3 Å². The van der Waals surface area contributed by atoms with Gasteiger partial charge in [0.2, 0.25) is 0 Å². The molecule has 0 aromatic heterocycles. The van der Waals surface area contributed by atoms with Gasteiger partial charge in [0, 0.05) is 13.1 Å². The number of hydrogen-bond donors (Lipinski definition) is 1. The minimum atomic E-state index is -0.565. The lowest BCUT2D eigenvalue weighted by atomic mass is 10.0. The van der Waals surface area contributed by atoms with Gasteiger partial charge in [0.15, 0.2) is 0 Å². The highest BCUT2D eigenvalue weighted by Gasteiger charge is 2.30. The third kappa shape index (κ3) is 1.90. The smallest absolute Gasteiger partial charge is 0.122 e. The van der Waals surface area contributed by atoms with Crippen LogP contribution < -0.4 is 10.2 Å². The Labute approximate surface area is 101 Å². The molecule has 4 nitrogen and oxygen atoms in total. The molecule has 0 amide bonds. The maximum atomic E-state index is 9.22. The molecule has 0 radical (unpaired) electrons. The Bertz CT molecular complexity index is 519. The van der Waals surface area contributed by atoms with E-state index in [4.69, 9.17) is 5.26 Å². The summed E-state index contributed by atoms with van der Waals surface area (Å²) in [5.41, 5.74) is 1.97. The van der Waals surface area contributed by atoms with Crippen molar-refractivity contribution >= 4 is 11.4 Å². The zero-order valence-corrected chi connectivity index (χ0v) is 9.99. The van der Waals surface area contributed by atoms with Gasteiger partial charge in [0.05, 0.1) is 29.1 Å². The fourth-order valence-corrected chi connectivity index (χ4v) is 2.04. The highest BCUT2D eigenvalue weighted by molar-refractivity contribution is 5.75. The molecule has 0 fully saturated rings. The van der Waals surface area contributed by atoms with Crippen LogP contribution in [0, 0.1) is 22.7 Å². The van der Waals surface area contributed by atoms with Gasteiger partial charge in [-0.3, -0.25) is 0 Å². The van der Waals surface area contributed by atoms with Gasteiger partial charge in [-0.25, -0.2) is 0 Å². The number of nitriles is 2. The molecule has 0 atom stereocenters. The zero-order valence-electron chi connectivity index (χ0n) is 9.99. The summed E-state index contributed by atoms with van der Waals surface area (Å²) in [6, 6.07) is 9.95. The van der Waals surface area contributed by atoms with Crippen molar-refractivity contribution in [3.63, 3.8) is 0 Å². The van der Waals surface area contributed by atoms with Crippen LogP contribution in [-0.4, -0.2) is 18.6 Å². The van der Waals surface area contributed by atoms with Crippen LogP contribution in [0.15, 0.2) is 18.2 Å². The molecule has 1 aliphatic rings. The van der Waals surface area contributed by atoms with E-state index in [1.54, 1.807) is 6.07 Å². The van der Waals surface area contributed by atoms with E-state index in [1.807, 2.05) is 30.9 Å².